The van der Waals surface area contributed by atoms with Crippen LogP contribution in [0.15, 0.2) is 65.5 Å². The molecule has 2 N–H and O–H groups in total. The second kappa shape index (κ2) is 9.14. The van der Waals surface area contributed by atoms with E-state index < -0.39 is 0 Å². The van der Waals surface area contributed by atoms with Gasteiger partial charge in [0.15, 0.2) is 0 Å². The molecule has 1 aliphatic rings. The number of hydrogen-bond acceptors (Lipinski definition) is 5. The van der Waals surface area contributed by atoms with Crippen LogP contribution < -0.4 is 16.2 Å². The SMILES string of the molecule is Cc1ccc(NC2CCN(C)CC2)cc1NC(=O)c1ccc(=O)n(-c2ccccc2)n1. The average Bonchev–Trinajstić information content (AvgIpc) is 2.78. The Bertz CT molecular complexity index is 1120. The summed E-state index contributed by atoms with van der Waals surface area (Å²) in [4.78, 5) is 27.4. The Morgan fingerprint density at radius 1 is 1.03 bits per heavy atom. The van der Waals surface area contributed by atoms with Crippen LogP contribution in [0.4, 0.5) is 11.4 Å². The highest BCUT2D eigenvalue weighted by Crippen LogP contribution is 2.23. The molecule has 31 heavy (non-hydrogen) atoms. The van der Waals surface area contributed by atoms with Gasteiger partial charge in [0.1, 0.15) is 5.69 Å². The Balaban J connectivity index is 1.51. The maximum atomic E-state index is 12.9. The second-order valence-corrected chi connectivity index (χ2v) is 8.01. The van der Waals surface area contributed by atoms with E-state index >= 15 is 0 Å². The topological polar surface area (TPSA) is 79.3 Å². The number of amides is 1. The number of para-hydroxylation sites is 1. The van der Waals surface area contributed by atoms with Gasteiger partial charge in [0.2, 0.25) is 0 Å². The summed E-state index contributed by atoms with van der Waals surface area (Å²) >= 11 is 0. The lowest BCUT2D eigenvalue weighted by Gasteiger charge is -2.30. The number of likely N-dealkylation sites (tertiary alicyclic amines) is 1. The first-order chi connectivity index (χ1) is 15.0. The number of hydrogen-bond donors (Lipinski definition) is 2. The van der Waals surface area contributed by atoms with Crippen LogP contribution in [0.3, 0.4) is 0 Å². The normalized spacial score (nSPS) is 14.9. The Labute approximate surface area is 181 Å². The van der Waals surface area contributed by atoms with Crippen LogP contribution in [0, 0.1) is 6.92 Å². The van der Waals surface area contributed by atoms with Gasteiger partial charge in [0, 0.05) is 23.5 Å². The molecular formula is C24H27N5O2. The maximum absolute atomic E-state index is 12.9. The zero-order chi connectivity index (χ0) is 21.8. The minimum Gasteiger partial charge on any atom is -0.382 e. The third-order valence-corrected chi connectivity index (χ3v) is 5.61. The molecule has 4 rings (SSSR count). The molecule has 0 unspecified atom stereocenters. The fraction of sp³-hybridized carbons (Fsp3) is 0.292. The van der Waals surface area contributed by atoms with Gasteiger partial charge < -0.3 is 15.5 Å². The Hall–Kier alpha value is -3.45. The molecular weight excluding hydrogens is 390 g/mol. The quantitative estimate of drug-likeness (QED) is 0.666. The Morgan fingerprint density at radius 2 is 1.77 bits per heavy atom. The number of aryl methyl sites for hydroxylation is 1. The minimum atomic E-state index is -0.357. The van der Waals surface area contributed by atoms with Crippen LogP contribution in [-0.2, 0) is 0 Å². The summed E-state index contributed by atoms with van der Waals surface area (Å²) in [5.74, 6) is -0.357. The van der Waals surface area contributed by atoms with Gasteiger partial charge in [0.25, 0.3) is 11.5 Å². The lowest BCUT2D eigenvalue weighted by atomic mass is 10.0. The number of nitrogens with zero attached hydrogens (tertiary/aromatic N) is 3. The van der Waals surface area contributed by atoms with E-state index in [1.54, 1.807) is 12.1 Å². The van der Waals surface area contributed by atoms with Gasteiger partial charge in [-0.15, -0.1) is 0 Å². The van der Waals surface area contributed by atoms with E-state index in [-0.39, 0.29) is 17.2 Å². The largest absolute Gasteiger partial charge is 0.382 e. The van der Waals surface area contributed by atoms with Gasteiger partial charge in [-0.3, -0.25) is 9.59 Å². The number of piperidine rings is 1. The molecule has 1 aliphatic heterocycles. The molecule has 3 aromatic rings. The van der Waals surface area contributed by atoms with Crippen molar-refractivity contribution in [2.45, 2.75) is 25.8 Å². The summed E-state index contributed by atoms with van der Waals surface area (Å²) < 4.78 is 1.24. The molecule has 7 heteroatoms. The molecule has 2 heterocycles. The standard InChI is InChI=1S/C24H27N5O2/c1-17-8-9-19(25-18-12-14-28(2)15-13-18)16-22(17)26-24(31)21-10-11-23(30)29(27-21)20-6-4-3-5-7-20/h3-11,16,18,25H,12-15H2,1-2H3,(H,26,31). The van der Waals surface area contributed by atoms with Gasteiger partial charge in [-0.25, -0.2) is 0 Å². The lowest BCUT2D eigenvalue weighted by Crippen LogP contribution is -2.36. The van der Waals surface area contributed by atoms with Crippen molar-refractivity contribution in [1.29, 1.82) is 0 Å². The fourth-order valence-corrected chi connectivity index (χ4v) is 3.71. The zero-order valence-corrected chi connectivity index (χ0v) is 17.8. The Morgan fingerprint density at radius 3 is 2.52 bits per heavy atom. The number of benzene rings is 2. The van der Waals surface area contributed by atoms with E-state index in [9.17, 15) is 9.59 Å². The molecule has 2 aromatic carbocycles. The fourth-order valence-electron chi connectivity index (χ4n) is 3.71. The van der Waals surface area contributed by atoms with Gasteiger partial charge in [-0.05, 0) is 75.8 Å². The van der Waals surface area contributed by atoms with Gasteiger partial charge in [-0.2, -0.15) is 9.78 Å². The number of rotatable bonds is 5. The molecule has 1 fully saturated rings. The van der Waals surface area contributed by atoms with Gasteiger partial charge >= 0.3 is 0 Å². The molecule has 1 aromatic heterocycles. The van der Waals surface area contributed by atoms with Crippen molar-refractivity contribution in [2.75, 3.05) is 30.8 Å². The third kappa shape index (κ3) is 5.00. The van der Waals surface area contributed by atoms with Crippen molar-refractivity contribution in [3.8, 4) is 5.69 Å². The number of aromatic nitrogens is 2. The minimum absolute atomic E-state index is 0.177. The molecule has 1 amide bonds. The van der Waals surface area contributed by atoms with Crippen molar-refractivity contribution in [1.82, 2.24) is 14.7 Å². The van der Waals surface area contributed by atoms with Crippen molar-refractivity contribution in [3.05, 3.63) is 82.3 Å². The van der Waals surface area contributed by atoms with Crippen molar-refractivity contribution >= 4 is 17.3 Å². The number of carbonyl (C=O) groups excluding carboxylic acids is 1. The zero-order valence-electron chi connectivity index (χ0n) is 17.8. The van der Waals surface area contributed by atoms with Crippen LogP contribution >= 0.6 is 0 Å². The second-order valence-electron chi connectivity index (χ2n) is 8.01. The molecule has 0 spiro atoms. The first-order valence-electron chi connectivity index (χ1n) is 10.5. The molecule has 7 nitrogen and oxygen atoms in total. The summed E-state index contributed by atoms with van der Waals surface area (Å²) in [7, 11) is 2.14. The molecule has 160 valence electrons. The summed E-state index contributed by atoms with van der Waals surface area (Å²) in [6.07, 6.45) is 2.19. The van der Waals surface area contributed by atoms with Crippen LogP contribution in [0.5, 0.6) is 0 Å². The summed E-state index contributed by atoms with van der Waals surface area (Å²) in [6.45, 7) is 4.11. The van der Waals surface area contributed by atoms with E-state index in [1.165, 1.54) is 16.8 Å². The smallest absolute Gasteiger partial charge is 0.276 e. The summed E-state index contributed by atoms with van der Waals surface area (Å²) in [6, 6.07) is 18.3. The van der Waals surface area contributed by atoms with E-state index in [4.69, 9.17) is 0 Å². The predicted molar refractivity (Wildman–Crippen MR) is 123 cm³/mol. The maximum Gasteiger partial charge on any atom is 0.276 e. The van der Waals surface area contributed by atoms with Crippen molar-refractivity contribution in [3.63, 3.8) is 0 Å². The predicted octanol–water partition coefficient (Wildman–Crippen LogP) is 3.30. The molecule has 0 radical (unpaired) electrons. The summed E-state index contributed by atoms with van der Waals surface area (Å²) in [5, 5.41) is 10.8. The molecule has 0 saturated carbocycles. The molecule has 0 aliphatic carbocycles. The Kier molecular flexibility index (Phi) is 6.13. The van der Waals surface area contributed by atoms with Crippen LogP contribution in [-0.4, -0.2) is 46.8 Å². The van der Waals surface area contributed by atoms with Crippen LogP contribution in [0.2, 0.25) is 0 Å². The first-order valence-corrected chi connectivity index (χ1v) is 10.5. The van der Waals surface area contributed by atoms with E-state index in [1.807, 2.05) is 43.3 Å². The average molecular weight is 418 g/mol. The highest BCUT2D eigenvalue weighted by Gasteiger charge is 2.17. The number of nitrogens with one attached hydrogen (secondary N) is 2. The summed E-state index contributed by atoms with van der Waals surface area (Å²) in [5.41, 5.74) is 3.17. The monoisotopic (exact) mass is 417 g/mol. The molecule has 1 saturated heterocycles. The highest BCUT2D eigenvalue weighted by molar-refractivity contribution is 6.03. The van der Waals surface area contributed by atoms with Gasteiger partial charge in [0.05, 0.1) is 5.69 Å². The third-order valence-electron chi connectivity index (χ3n) is 5.61. The molecule has 0 atom stereocenters. The van der Waals surface area contributed by atoms with Crippen LogP contribution in [0.1, 0.15) is 28.9 Å². The van der Waals surface area contributed by atoms with E-state index in [2.05, 4.69) is 27.7 Å². The van der Waals surface area contributed by atoms with E-state index in [0.717, 1.165) is 42.9 Å². The van der Waals surface area contributed by atoms with Crippen molar-refractivity contribution < 1.29 is 4.79 Å². The van der Waals surface area contributed by atoms with E-state index in [0.29, 0.717) is 11.7 Å². The number of anilines is 2. The molecule has 0 bridgehead atoms. The first kappa shape index (κ1) is 20.8. The highest BCUT2D eigenvalue weighted by atomic mass is 16.2. The van der Waals surface area contributed by atoms with Crippen molar-refractivity contribution in [2.24, 2.45) is 0 Å². The number of carbonyl (C=O) groups is 1. The van der Waals surface area contributed by atoms with Crippen LogP contribution in [0.25, 0.3) is 5.69 Å². The van der Waals surface area contributed by atoms with Gasteiger partial charge in [-0.1, -0.05) is 24.3 Å². The lowest BCUT2D eigenvalue weighted by molar-refractivity contribution is 0.102.